The van der Waals surface area contributed by atoms with Gasteiger partial charge < -0.3 is 89.9 Å². The van der Waals surface area contributed by atoms with Crippen molar-refractivity contribution in [2.45, 2.75) is 465 Å². The molecule has 3 aliphatic rings. The van der Waals surface area contributed by atoms with Gasteiger partial charge in [-0.3, -0.25) is 4.79 Å². The average molecular weight is 1680 g/mol. The number of ether oxygens (including phenoxy) is 6. The molecule has 3 saturated heterocycles. The number of rotatable bonds is 77. The summed E-state index contributed by atoms with van der Waals surface area (Å²) in [6.07, 6.45) is 86.0. The second-order valence-corrected chi connectivity index (χ2v) is 33.5. The Hall–Kier alpha value is -4.07. The zero-order valence-electron chi connectivity index (χ0n) is 74.3. The molecule has 12 N–H and O–H groups in total. The van der Waals surface area contributed by atoms with Gasteiger partial charge in [-0.15, -0.1) is 0 Å². The second kappa shape index (κ2) is 77.5. The third-order valence-corrected chi connectivity index (χ3v) is 23.0. The molecule has 3 heterocycles. The lowest BCUT2D eigenvalue weighted by Gasteiger charge is -2.48. The van der Waals surface area contributed by atoms with Crippen LogP contribution in [0.2, 0.25) is 0 Å². The lowest BCUT2D eigenvalue weighted by atomic mass is 9.96. The minimum Gasteiger partial charge on any atom is -0.394 e. The number of unbranched alkanes of at least 4 members (excludes halogenated alkanes) is 41. The minimum absolute atomic E-state index is 0.231. The van der Waals surface area contributed by atoms with E-state index in [1.54, 1.807) is 6.08 Å². The maximum Gasteiger partial charge on any atom is 0.220 e. The molecule has 686 valence electrons. The minimum atomic E-state index is -1.99. The van der Waals surface area contributed by atoms with Gasteiger partial charge in [0.05, 0.1) is 38.6 Å². The highest BCUT2D eigenvalue weighted by molar-refractivity contribution is 5.76. The highest BCUT2D eigenvalue weighted by Gasteiger charge is 2.54. The van der Waals surface area contributed by atoms with Crippen LogP contribution in [-0.2, 0) is 33.2 Å². The SMILES string of the molecule is CC/C=C\C/C=C\C/C=C\C/C=C\C/C=C\C/C=C\C/C=C\C/C=C\C/C=C\C/C=C\CCCCCCCCCCCCC(=O)NC(COC1OC(CO)C(OC2OC(CO)C(OC3OC(CO)C(O)C(O)C3O)C(O)C2O)C(O)C1O)C(O)/C=C/CCCCCCCCCCCCCCCCCCCCCCCCCCCCCCCCC. The Bertz CT molecular complexity index is 2670. The summed E-state index contributed by atoms with van der Waals surface area (Å²) in [5.74, 6) is -0.281. The van der Waals surface area contributed by atoms with E-state index in [-0.39, 0.29) is 18.9 Å². The van der Waals surface area contributed by atoms with E-state index in [1.807, 2.05) is 6.08 Å². The molecule has 119 heavy (non-hydrogen) atoms. The topological polar surface area (TPSA) is 307 Å². The Kier molecular flexibility index (Phi) is 71.1. The Morgan fingerprint density at radius 1 is 0.311 bits per heavy atom. The number of hydrogen-bond acceptors (Lipinski definition) is 18. The highest BCUT2D eigenvalue weighted by atomic mass is 16.8. The van der Waals surface area contributed by atoms with E-state index in [1.165, 1.54) is 212 Å². The molecule has 0 spiro atoms. The van der Waals surface area contributed by atoms with Gasteiger partial charge in [0.1, 0.15) is 73.2 Å². The summed E-state index contributed by atoms with van der Waals surface area (Å²) in [6, 6.07) is -0.987. The van der Waals surface area contributed by atoms with Crippen molar-refractivity contribution < 1.29 is 89.4 Å². The molecule has 1 amide bonds. The van der Waals surface area contributed by atoms with Gasteiger partial charge in [-0.1, -0.05) is 392 Å². The third kappa shape index (κ3) is 55.1. The number of nitrogens with one attached hydrogen (secondary N) is 1. The van der Waals surface area contributed by atoms with Crippen LogP contribution in [0.25, 0.3) is 0 Å². The van der Waals surface area contributed by atoms with Crippen molar-refractivity contribution in [1.29, 1.82) is 0 Å². The first-order chi connectivity index (χ1) is 58.3. The Morgan fingerprint density at radius 3 is 0.908 bits per heavy atom. The number of allylic oxidation sites excluding steroid dienone is 21. The van der Waals surface area contributed by atoms with Crippen molar-refractivity contribution in [1.82, 2.24) is 5.32 Å². The Morgan fingerprint density at radius 2 is 0.580 bits per heavy atom. The van der Waals surface area contributed by atoms with Crippen LogP contribution in [0, 0.1) is 0 Å². The average Bonchev–Trinajstić information content (AvgIpc) is 0.778. The van der Waals surface area contributed by atoms with E-state index in [0.29, 0.717) is 6.42 Å². The monoisotopic (exact) mass is 1680 g/mol. The zero-order chi connectivity index (χ0) is 85.9. The van der Waals surface area contributed by atoms with Crippen molar-refractivity contribution in [3.63, 3.8) is 0 Å². The van der Waals surface area contributed by atoms with E-state index >= 15 is 0 Å². The lowest BCUT2D eigenvalue weighted by Crippen LogP contribution is -2.66. The smallest absolute Gasteiger partial charge is 0.220 e. The van der Waals surface area contributed by atoms with Crippen molar-refractivity contribution in [2.75, 3.05) is 26.4 Å². The van der Waals surface area contributed by atoms with Crippen molar-refractivity contribution in [3.8, 4) is 0 Å². The predicted molar refractivity (Wildman–Crippen MR) is 484 cm³/mol. The summed E-state index contributed by atoms with van der Waals surface area (Å²) >= 11 is 0. The van der Waals surface area contributed by atoms with Gasteiger partial charge >= 0.3 is 0 Å². The molecule has 0 aromatic rings. The van der Waals surface area contributed by atoms with Crippen LogP contribution in [0.3, 0.4) is 0 Å². The van der Waals surface area contributed by atoms with E-state index in [4.69, 9.17) is 28.4 Å². The summed E-state index contributed by atoms with van der Waals surface area (Å²) in [7, 11) is 0. The molecule has 19 heteroatoms. The maximum atomic E-state index is 13.5. The van der Waals surface area contributed by atoms with Gasteiger partial charge in [0.2, 0.25) is 5.91 Å². The van der Waals surface area contributed by atoms with E-state index < -0.39 is 124 Å². The van der Waals surface area contributed by atoms with Crippen LogP contribution < -0.4 is 5.32 Å². The first-order valence-corrected chi connectivity index (χ1v) is 47.9. The standard InChI is InChI=1S/C100H173NO18/c1-3-5-7-9-11-13-15-17-19-21-23-25-27-29-31-33-35-37-38-39-40-41-42-43-44-46-48-50-52-54-56-58-60-62-64-66-68-70-72-74-76-78-88(106)101-83(84(105)77-75-73-71-69-67-65-63-61-59-57-55-53-51-49-47-45-36-34-32-30-28-26-24-22-20-18-16-14-12-10-8-6-4-2)82-114-98-94(112)91(109)96(86(80-103)116-98)119-100-95(113)92(110)97(87(81-104)117-100)118-99-93(111)90(108)89(107)85(79-102)115-99/h5,7,11,13,17,19,23,25,29,31,35,37,39-40,42-43,46,48,52,54,75,77,83-87,89-100,102-105,107-113H,3-4,6,8-10,12,14-16,18,20-22,24,26-28,30,32-34,36,38,41,44-45,47,49-51,53,55-74,76,78-82H2,1-2H3,(H,101,106)/b7-5-,13-11-,19-17-,25-23-,31-29-,37-35-,40-39-,43-42-,48-46-,54-52-,77-75+. The van der Waals surface area contributed by atoms with Crippen molar-refractivity contribution >= 4 is 5.91 Å². The molecule has 19 nitrogen and oxygen atoms in total. The molecule has 0 saturated carbocycles. The van der Waals surface area contributed by atoms with Crippen LogP contribution in [0.5, 0.6) is 0 Å². The quantitative estimate of drug-likeness (QED) is 0.0199. The molecular formula is C100H173NO18. The first kappa shape index (κ1) is 109. The van der Waals surface area contributed by atoms with Crippen LogP contribution >= 0.6 is 0 Å². The van der Waals surface area contributed by atoms with Gasteiger partial charge in [0, 0.05) is 6.42 Å². The van der Waals surface area contributed by atoms with Crippen LogP contribution in [0.1, 0.15) is 361 Å². The molecule has 17 unspecified atom stereocenters. The molecule has 3 aliphatic heterocycles. The number of hydrogen-bond donors (Lipinski definition) is 12. The number of aliphatic hydroxyl groups is 11. The van der Waals surface area contributed by atoms with E-state index in [0.717, 1.165) is 122 Å². The van der Waals surface area contributed by atoms with Gasteiger partial charge in [-0.05, 0) is 96.3 Å². The summed E-state index contributed by atoms with van der Waals surface area (Å²) in [5, 5.41) is 121. The van der Waals surface area contributed by atoms with Gasteiger partial charge in [0.25, 0.3) is 0 Å². The summed E-state index contributed by atoms with van der Waals surface area (Å²) < 4.78 is 34.6. The highest BCUT2D eigenvalue weighted by Crippen LogP contribution is 2.34. The maximum absolute atomic E-state index is 13.5. The van der Waals surface area contributed by atoms with E-state index in [9.17, 15) is 61.0 Å². The Labute approximate surface area is 721 Å². The Balaban J connectivity index is 1.32. The van der Waals surface area contributed by atoms with Crippen LogP contribution in [-0.4, -0.2) is 193 Å². The fraction of sp³-hybridized carbons (Fsp3) is 0.770. The van der Waals surface area contributed by atoms with Gasteiger partial charge in [-0.2, -0.15) is 0 Å². The van der Waals surface area contributed by atoms with Crippen LogP contribution in [0.4, 0.5) is 0 Å². The van der Waals surface area contributed by atoms with Crippen LogP contribution in [0.15, 0.2) is 134 Å². The predicted octanol–water partition coefficient (Wildman–Crippen LogP) is 19.5. The molecule has 17 atom stereocenters. The fourth-order valence-electron chi connectivity index (χ4n) is 15.4. The van der Waals surface area contributed by atoms with Crippen molar-refractivity contribution in [2.24, 2.45) is 0 Å². The molecule has 3 rings (SSSR count). The molecule has 0 aromatic carbocycles. The summed E-state index contributed by atoms with van der Waals surface area (Å²) in [6.45, 7) is 1.66. The largest absolute Gasteiger partial charge is 0.394 e. The lowest BCUT2D eigenvalue weighted by molar-refractivity contribution is -0.379. The molecule has 0 aromatic heterocycles. The third-order valence-electron chi connectivity index (χ3n) is 23.0. The van der Waals surface area contributed by atoms with Gasteiger partial charge in [-0.25, -0.2) is 0 Å². The molecule has 0 bridgehead atoms. The molecule has 0 radical (unpaired) electrons. The second-order valence-electron chi connectivity index (χ2n) is 33.5. The molecule has 3 fully saturated rings. The van der Waals surface area contributed by atoms with E-state index in [2.05, 4.69) is 141 Å². The first-order valence-electron chi connectivity index (χ1n) is 47.9. The normalized spacial score (nSPS) is 24.8. The number of carbonyl (C=O) groups is 1. The zero-order valence-corrected chi connectivity index (χ0v) is 74.3. The summed E-state index contributed by atoms with van der Waals surface area (Å²) in [5.41, 5.74) is 0. The number of aliphatic hydroxyl groups excluding tert-OH is 11. The van der Waals surface area contributed by atoms with Gasteiger partial charge in [0.15, 0.2) is 18.9 Å². The molecular weight excluding hydrogens is 1500 g/mol. The molecule has 0 aliphatic carbocycles. The fourth-order valence-corrected chi connectivity index (χ4v) is 15.4. The number of carbonyl (C=O) groups excluding carboxylic acids is 1. The van der Waals surface area contributed by atoms with Crippen molar-refractivity contribution in [3.05, 3.63) is 134 Å². The number of amides is 1. The summed E-state index contributed by atoms with van der Waals surface area (Å²) in [4.78, 5) is 13.5.